The summed E-state index contributed by atoms with van der Waals surface area (Å²) in [6.07, 6.45) is 1.26. The molecule has 2 aromatic rings. The van der Waals surface area contributed by atoms with Gasteiger partial charge in [0.2, 0.25) is 0 Å². The van der Waals surface area contributed by atoms with Crippen molar-refractivity contribution < 1.29 is 23.8 Å². The van der Waals surface area contributed by atoms with E-state index in [1.165, 1.54) is 18.3 Å². The van der Waals surface area contributed by atoms with Crippen LogP contribution in [0.5, 0.6) is 0 Å². The van der Waals surface area contributed by atoms with Crippen molar-refractivity contribution in [3.05, 3.63) is 53.2 Å². The van der Waals surface area contributed by atoms with E-state index in [-0.39, 0.29) is 11.6 Å². The number of aryl methyl sites for hydroxylation is 1. The van der Waals surface area contributed by atoms with Gasteiger partial charge >= 0.3 is 5.97 Å². The lowest BCUT2D eigenvalue weighted by Gasteiger charge is -2.21. The molecule has 0 aliphatic carbocycles. The van der Waals surface area contributed by atoms with Crippen LogP contribution >= 0.6 is 0 Å². The van der Waals surface area contributed by atoms with E-state index in [4.69, 9.17) is 14.3 Å². The molecule has 0 spiro atoms. The molecule has 23 heavy (non-hydrogen) atoms. The van der Waals surface area contributed by atoms with Gasteiger partial charge < -0.3 is 19.2 Å². The maximum atomic E-state index is 12.6. The summed E-state index contributed by atoms with van der Waals surface area (Å²) in [5.41, 5.74) is 0.209. The summed E-state index contributed by atoms with van der Waals surface area (Å²) >= 11 is 0. The number of pyridine rings is 1. The smallest absolute Gasteiger partial charge is 0.354 e. The van der Waals surface area contributed by atoms with Gasteiger partial charge in [0.05, 0.1) is 18.7 Å². The number of carboxylic acids is 1. The SMILES string of the molecule is COCCN(Cc1ccc(C)o1)C(=O)c1ccc(C(=O)O)nc1. The molecule has 2 rings (SSSR count). The first kappa shape index (κ1) is 16.7. The Morgan fingerprint density at radius 1 is 1.30 bits per heavy atom. The van der Waals surface area contributed by atoms with Gasteiger partial charge in [0.25, 0.3) is 5.91 Å². The maximum absolute atomic E-state index is 12.6. The number of furan rings is 1. The molecular weight excluding hydrogens is 300 g/mol. The van der Waals surface area contributed by atoms with E-state index in [0.717, 1.165) is 5.76 Å². The fourth-order valence-electron chi connectivity index (χ4n) is 2.04. The topological polar surface area (TPSA) is 92.9 Å². The Morgan fingerprint density at radius 2 is 2.09 bits per heavy atom. The average molecular weight is 318 g/mol. The molecule has 2 aromatic heterocycles. The van der Waals surface area contributed by atoms with E-state index in [2.05, 4.69) is 4.98 Å². The van der Waals surface area contributed by atoms with Crippen molar-refractivity contribution in [3.63, 3.8) is 0 Å². The van der Waals surface area contributed by atoms with Crippen molar-refractivity contribution in [2.24, 2.45) is 0 Å². The van der Waals surface area contributed by atoms with Gasteiger partial charge in [-0.05, 0) is 31.2 Å². The van der Waals surface area contributed by atoms with Crippen molar-refractivity contribution in [3.8, 4) is 0 Å². The van der Waals surface area contributed by atoms with Gasteiger partial charge in [-0.25, -0.2) is 9.78 Å². The third-order valence-electron chi connectivity index (χ3n) is 3.22. The van der Waals surface area contributed by atoms with Crippen LogP contribution in [-0.4, -0.2) is 47.1 Å². The summed E-state index contributed by atoms with van der Waals surface area (Å²) in [5.74, 6) is 0.0422. The van der Waals surface area contributed by atoms with Crippen molar-refractivity contribution in [1.82, 2.24) is 9.88 Å². The number of carbonyl (C=O) groups is 2. The number of carboxylic acid groups (broad SMARTS) is 1. The van der Waals surface area contributed by atoms with Gasteiger partial charge in [-0.3, -0.25) is 4.79 Å². The Kier molecular flexibility index (Phi) is 5.48. The minimum absolute atomic E-state index is 0.105. The largest absolute Gasteiger partial charge is 0.477 e. The summed E-state index contributed by atoms with van der Waals surface area (Å²) in [6.45, 7) is 2.90. The molecule has 0 saturated carbocycles. The van der Waals surface area contributed by atoms with E-state index in [9.17, 15) is 9.59 Å². The Labute approximate surface area is 133 Å². The van der Waals surface area contributed by atoms with Gasteiger partial charge in [0.15, 0.2) is 0 Å². The molecule has 7 nitrogen and oxygen atoms in total. The third-order valence-corrected chi connectivity index (χ3v) is 3.22. The number of hydrogen-bond donors (Lipinski definition) is 1. The van der Waals surface area contributed by atoms with Crippen LogP contribution in [-0.2, 0) is 11.3 Å². The standard InChI is InChI=1S/C16H18N2O5/c1-11-3-5-13(23-11)10-18(7-8-22-2)15(19)12-4-6-14(16(20)21)17-9-12/h3-6,9H,7-8,10H2,1-2H3,(H,20,21). The number of methoxy groups -OCH3 is 1. The predicted octanol–water partition coefficient (Wildman–Crippen LogP) is 1.97. The first-order chi connectivity index (χ1) is 11.0. The molecule has 0 aromatic carbocycles. The summed E-state index contributed by atoms with van der Waals surface area (Å²) in [4.78, 5) is 28.7. The monoisotopic (exact) mass is 318 g/mol. The summed E-state index contributed by atoms with van der Waals surface area (Å²) < 4.78 is 10.5. The summed E-state index contributed by atoms with van der Waals surface area (Å²) in [5, 5.41) is 8.85. The van der Waals surface area contributed by atoms with Crippen LogP contribution < -0.4 is 0 Å². The Morgan fingerprint density at radius 3 is 2.61 bits per heavy atom. The quantitative estimate of drug-likeness (QED) is 0.839. The second-order valence-electron chi connectivity index (χ2n) is 4.97. The fourth-order valence-corrected chi connectivity index (χ4v) is 2.04. The molecule has 0 aliphatic rings. The zero-order valence-electron chi connectivity index (χ0n) is 13.0. The normalized spacial score (nSPS) is 10.5. The minimum atomic E-state index is -1.13. The fraction of sp³-hybridized carbons (Fsp3) is 0.312. The molecule has 0 radical (unpaired) electrons. The summed E-state index contributed by atoms with van der Waals surface area (Å²) in [7, 11) is 1.56. The van der Waals surface area contributed by atoms with E-state index in [1.54, 1.807) is 12.0 Å². The van der Waals surface area contributed by atoms with Gasteiger partial charge in [0, 0.05) is 19.9 Å². The van der Waals surface area contributed by atoms with E-state index in [1.807, 2.05) is 19.1 Å². The number of amides is 1. The molecular formula is C16H18N2O5. The Balaban J connectivity index is 2.16. The van der Waals surface area contributed by atoms with Crippen molar-refractivity contribution in [2.45, 2.75) is 13.5 Å². The van der Waals surface area contributed by atoms with Crippen molar-refractivity contribution in [1.29, 1.82) is 0 Å². The molecule has 0 unspecified atom stereocenters. The first-order valence-corrected chi connectivity index (χ1v) is 7.04. The second kappa shape index (κ2) is 7.55. The number of aromatic nitrogens is 1. The molecule has 122 valence electrons. The predicted molar refractivity (Wildman–Crippen MR) is 81.3 cm³/mol. The lowest BCUT2D eigenvalue weighted by molar-refractivity contribution is 0.0659. The maximum Gasteiger partial charge on any atom is 0.354 e. The molecule has 0 saturated heterocycles. The highest BCUT2D eigenvalue weighted by atomic mass is 16.5. The molecule has 0 bridgehead atoms. The molecule has 7 heteroatoms. The highest BCUT2D eigenvalue weighted by molar-refractivity contribution is 5.94. The van der Waals surface area contributed by atoms with Crippen molar-refractivity contribution >= 4 is 11.9 Å². The highest BCUT2D eigenvalue weighted by Crippen LogP contribution is 2.13. The zero-order valence-corrected chi connectivity index (χ0v) is 13.0. The Bertz CT molecular complexity index is 678. The molecule has 2 heterocycles. The van der Waals surface area contributed by atoms with Crippen LogP contribution in [0.1, 0.15) is 32.4 Å². The summed E-state index contributed by atoms with van der Waals surface area (Å²) in [6, 6.07) is 6.40. The zero-order chi connectivity index (χ0) is 16.8. The van der Waals surface area contributed by atoms with E-state index >= 15 is 0 Å². The first-order valence-electron chi connectivity index (χ1n) is 7.04. The van der Waals surface area contributed by atoms with Crippen LogP contribution in [0.15, 0.2) is 34.9 Å². The van der Waals surface area contributed by atoms with Crippen LogP contribution in [0, 0.1) is 6.92 Å². The lowest BCUT2D eigenvalue weighted by Crippen LogP contribution is -2.33. The highest BCUT2D eigenvalue weighted by Gasteiger charge is 2.18. The van der Waals surface area contributed by atoms with Crippen LogP contribution in [0.4, 0.5) is 0 Å². The number of aromatic carboxylic acids is 1. The number of nitrogens with zero attached hydrogens (tertiary/aromatic N) is 2. The molecule has 0 fully saturated rings. The lowest BCUT2D eigenvalue weighted by atomic mass is 10.2. The van der Waals surface area contributed by atoms with Gasteiger partial charge in [-0.1, -0.05) is 0 Å². The molecule has 1 amide bonds. The molecule has 0 atom stereocenters. The Hall–Kier alpha value is -2.67. The van der Waals surface area contributed by atoms with Crippen molar-refractivity contribution in [2.75, 3.05) is 20.3 Å². The third kappa shape index (κ3) is 4.40. The molecule has 1 N–H and O–H groups in total. The van der Waals surface area contributed by atoms with Crippen LogP contribution in [0.2, 0.25) is 0 Å². The van der Waals surface area contributed by atoms with Gasteiger partial charge in [0.1, 0.15) is 17.2 Å². The van der Waals surface area contributed by atoms with E-state index < -0.39 is 5.97 Å². The number of carbonyl (C=O) groups excluding carboxylic acids is 1. The van der Waals surface area contributed by atoms with Crippen LogP contribution in [0.25, 0.3) is 0 Å². The average Bonchev–Trinajstić information content (AvgIpc) is 2.96. The minimum Gasteiger partial charge on any atom is -0.477 e. The number of rotatable bonds is 7. The number of hydrogen-bond acceptors (Lipinski definition) is 5. The number of ether oxygens (including phenoxy) is 1. The van der Waals surface area contributed by atoms with Gasteiger partial charge in [-0.2, -0.15) is 0 Å². The van der Waals surface area contributed by atoms with Crippen LogP contribution in [0.3, 0.4) is 0 Å². The van der Waals surface area contributed by atoms with E-state index in [0.29, 0.717) is 31.0 Å². The second-order valence-corrected chi connectivity index (χ2v) is 4.97. The molecule has 0 aliphatic heterocycles. The van der Waals surface area contributed by atoms with Gasteiger partial charge in [-0.15, -0.1) is 0 Å².